The molecule has 5 rings (SSSR count). The molecule has 2 unspecified atom stereocenters. The van der Waals surface area contributed by atoms with Gasteiger partial charge in [0.15, 0.2) is 23.1 Å². The highest BCUT2D eigenvalue weighted by atomic mass is 35.5. The van der Waals surface area contributed by atoms with Crippen LogP contribution in [0.15, 0.2) is 53.8 Å². The van der Waals surface area contributed by atoms with Gasteiger partial charge in [0.05, 0.1) is 16.1 Å². The molecule has 204 valence electrons. The van der Waals surface area contributed by atoms with Gasteiger partial charge in [-0.2, -0.15) is 0 Å². The molecule has 0 bridgehead atoms. The number of carboxylic acid groups (broad SMARTS) is 1. The summed E-state index contributed by atoms with van der Waals surface area (Å²) in [5.74, 6) is -0.728. The fourth-order valence-corrected chi connectivity index (χ4v) is 6.37. The summed E-state index contributed by atoms with van der Waals surface area (Å²) in [5, 5.41) is 15.4. The summed E-state index contributed by atoms with van der Waals surface area (Å²) in [6.45, 7) is 2.16. The molecule has 0 saturated heterocycles. The third-order valence-electron chi connectivity index (χ3n) is 6.89. The van der Waals surface area contributed by atoms with Crippen molar-refractivity contribution in [1.82, 2.24) is 24.2 Å². The van der Waals surface area contributed by atoms with Crippen molar-refractivity contribution >= 4 is 44.6 Å². The fraction of sp³-hybridized carbons (Fsp3) is 0.308. The quantitative estimate of drug-likeness (QED) is 0.279. The second-order valence-electron chi connectivity index (χ2n) is 9.55. The molecule has 39 heavy (non-hydrogen) atoms. The van der Waals surface area contributed by atoms with Gasteiger partial charge in [-0.05, 0) is 43.9 Å². The van der Waals surface area contributed by atoms with E-state index in [4.69, 9.17) is 16.7 Å². The lowest BCUT2D eigenvalue weighted by Crippen LogP contribution is -2.44. The first-order valence-corrected chi connectivity index (χ1v) is 14.2. The van der Waals surface area contributed by atoms with Gasteiger partial charge in [0.25, 0.3) is 10.0 Å². The molecule has 1 aromatic carbocycles. The van der Waals surface area contributed by atoms with Gasteiger partial charge >= 0.3 is 6.09 Å². The highest BCUT2D eigenvalue weighted by Crippen LogP contribution is 2.33. The predicted molar refractivity (Wildman–Crippen MR) is 145 cm³/mol. The minimum absolute atomic E-state index is 0.0442. The molecule has 1 aliphatic rings. The number of benzene rings is 1. The highest BCUT2D eigenvalue weighted by Gasteiger charge is 2.28. The van der Waals surface area contributed by atoms with Crippen molar-refractivity contribution in [3.8, 4) is 11.4 Å². The molecule has 3 aromatic heterocycles. The number of nitrogens with one attached hydrogen (secondary N) is 2. The summed E-state index contributed by atoms with van der Waals surface area (Å²) in [6.07, 6.45) is 5.97. The summed E-state index contributed by atoms with van der Waals surface area (Å²) in [4.78, 5) is 24.0. The second kappa shape index (κ2) is 10.8. The molecule has 3 N–H and O–H groups in total. The molecule has 1 fully saturated rings. The number of aryl methyl sites for hydroxylation is 1. The number of halogens is 2. The number of hydrogen-bond acceptors (Lipinski definition) is 7. The Bertz CT molecular complexity index is 1640. The van der Waals surface area contributed by atoms with Crippen molar-refractivity contribution in [2.45, 2.75) is 43.5 Å². The Hall–Kier alpha value is -3.77. The Labute approximate surface area is 229 Å². The van der Waals surface area contributed by atoms with Gasteiger partial charge in [-0.1, -0.05) is 42.1 Å². The third kappa shape index (κ3) is 5.52. The molecule has 4 aromatic rings. The molecule has 1 saturated carbocycles. The van der Waals surface area contributed by atoms with Crippen LogP contribution in [0.2, 0.25) is 5.02 Å². The number of fused-ring (bicyclic) bond motifs is 1. The number of nitrogens with zero attached hydrogens (tertiary/aromatic N) is 4. The van der Waals surface area contributed by atoms with E-state index in [0.717, 1.165) is 35.0 Å². The van der Waals surface area contributed by atoms with Crippen molar-refractivity contribution in [2.75, 3.05) is 11.9 Å². The Morgan fingerprint density at radius 3 is 2.67 bits per heavy atom. The smallest absolute Gasteiger partial charge is 0.404 e. The van der Waals surface area contributed by atoms with E-state index >= 15 is 0 Å². The Kier molecular flexibility index (Phi) is 7.41. The Morgan fingerprint density at radius 2 is 1.92 bits per heavy atom. The van der Waals surface area contributed by atoms with Crippen LogP contribution >= 0.6 is 11.6 Å². The summed E-state index contributed by atoms with van der Waals surface area (Å²) in [5.41, 5.74) is 1.35. The molecule has 10 nitrogen and oxygen atoms in total. The van der Waals surface area contributed by atoms with Crippen LogP contribution < -0.4 is 10.6 Å². The van der Waals surface area contributed by atoms with E-state index in [0.29, 0.717) is 23.9 Å². The number of aromatic nitrogens is 4. The van der Waals surface area contributed by atoms with Gasteiger partial charge in [-0.15, -0.1) is 0 Å². The van der Waals surface area contributed by atoms with Crippen LogP contribution in [0.5, 0.6) is 0 Å². The average Bonchev–Trinajstić information content (AvgIpc) is 3.28. The molecular formula is C26H26ClFN6O4S. The highest BCUT2D eigenvalue weighted by molar-refractivity contribution is 7.90. The number of carbonyl (C=O) groups is 1. The molecule has 0 radical (unpaired) electrons. The van der Waals surface area contributed by atoms with E-state index in [9.17, 15) is 17.6 Å². The van der Waals surface area contributed by atoms with Gasteiger partial charge in [-0.3, -0.25) is 0 Å². The number of anilines is 1. The minimum atomic E-state index is -4.03. The predicted octanol–water partition coefficient (Wildman–Crippen LogP) is 5.07. The van der Waals surface area contributed by atoms with Gasteiger partial charge in [0, 0.05) is 35.9 Å². The van der Waals surface area contributed by atoms with Crippen LogP contribution in [-0.4, -0.2) is 51.1 Å². The molecule has 0 aliphatic heterocycles. The lowest BCUT2D eigenvalue weighted by molar-refractivity contribution is 0.177. The molecule has 0 spiro atoms. The second-order valence-corrected chi connectivity index (χ2v) is 11.8. The first kappa shape index (κ1) is 26.8. The average molecular weight is 573 g/mol. The van der Waals surface area contributed by atoms with Gasteiger partial charge in [0.1, 0.15) is 0 Å². The summed E-state index contributed by atoms with van der Waals surface area (Å²) >= 11 is 6.20. The zero-order valence-electron chi connectivity index (χ0n) is 20.9. The van der Waals surface area contributed by atoms with Crippen molar-refractivity contribution < 1.29 is 22.7 Å². The molecule has 1 amide bonds. The van der Waals surface area contributed by atoms with Crippen molar-refractivity contribution in [2.24, 2.45) is 5.92 Å². The van der Waals surface area contributed by atoms with Crippen LogP contribution in [0.4, 0.5) is 15.0 Å². The number of hydrogen-bond donors (Lipinski definition) is 3. The van der Waals surface area contributed by atoms with Crippen molar-refractivity contribution in [1.29, 1.82) is 0 Å². The van der Waals surface area contributed by atoms with Crippen molar-refractivity contribution in [3.05, 3.63) is 65.3 Å². The zero-order chi connectivity index (χ0) is 27.7. The molecule has 13 heteroatoms. The van der Waals surface area contributed by atoms with E-state index in [1.165, 1.54) is 24.5 Å². The number of pyridine rings is 1. The standard InChI is InChI=1S/C26H26ClFN6O4S/c1-15-6-8-18(9-7-15)39(37,38)34-14-20(19-10-17(27)12-31-25(19)34)23-30-13-21(28)24(33-23)29-11-16-4-2-3-5-22(16)32-26(35)36/h6-10,12-14,16,22,32H,2-5,11H2,1H3,(H,35,36)(H,29,30,33). The Balaban J connectivity index is 1.51. The summed E-state index contributed by atoms with van der Waals surface area (Å²) < 4.78 is 42.8. The number of rotatable bonds is 7. The lowest BCUT2D eigenvalue weighted by Gasteiger charge is -2.31. The van der Waals surface area contributed by atoms with Crippen LogP contribution in [0.25, 0.3) is 22.4 Å². The van der Waals surface area contributed by atoms with E-state index in [1.807, 2.05) is 6.92 Å². The summed E-state index contributed by atoms with van der Waals surface area (Å²) in [7, 11) is -4.03. The maximum Gasteiger partial charge on any atom is 0.404 e. The van der Waals surface area contributed by atoms with Crippen LogP contribution in [-0.2, 0) is 10.0 Å². The molecule has 3 heterocycles. The molecule has 2 atom stereocenters. The zero-order valence-corrected chi connectivity index (χ0v) is 22.5. The maximum absolute atomic E-state index is 14.7. The normalized spacial score (nSPS) is 17.7. The molecular weight excluding hydrogens is 547 g/mol. The SMILES string of the molecule is Cc1ccc(S(=O)(=O)n2cc(-c3ncc(F)c(NCC4CCCCC4NC(=O)O)n3)c3cc(Cl)cnc32)cc1. The largest absolute Gasteiger partial charge is 0.465 e. The van der Waals surface area contributed by atoms with E-state index in [-0.39, 0.29) is 39.2 Å². The van der Waals surface area contributed by atoms with Crippen LogP contribution in [0, 0.1) is 18.7 Å². The maximum atomic E-state index is 14.7. The van der Waals surface area contributed by atoms with E-state index < -0.39 is 21.9 Å². The van der Waals surface area contributed by atoms with Gasteiger partial charge in [-0.25, -0.2) is 36.5 Å². The van der Waals surface area contributed by atoms with Crippen molar-refractivity contribution in [3.63, 3.8) is 0 Å². The van der Waals surface area contributed by atoms with Crippen LogP contribution in [0.3, 0.4) is 0 Å². The van der Waals surface area contributed by atoms with E-state index in [1.54, 1.807) is 18.2 Å². The molecule has 1 aliphatic carbocycles. The minimum Gasteiger partial charge on any atom is -0.465 e. The van der Waals surface area contributed by atoms with Crippen LogP contribution in [0.1, 0.15) is 31.2 Å². The van der Waals surface area contributed by atoms with E-state index in [2.05, 4.69) is 25.6 Å². The van der Waals surface area contributed by atoms with Gasteiger partial charge in [0.2, 0.25) is 0 Å². The van der Waals surface area contributed by atoms with Gasteiger partial charge < -0.3 is 15.7 Å². The monoisotopic (exact) mass is 572 g/mol. The first-order chi connectivity index (χ1) is 18.6. The lowest BCUT2D eigenvalue weighted by atomic mass is 9.84. The topological polar surface area (TPSA) is 139 Å². The Morgan fingerprint density at radius 1 is 1.18 bits per heavy atom. The summed E-state index contributed by atoms with van der Waals surface area (Å²) in [6, 6.07) is 7.75. The third-order valence-corrected chi connectivity index (χ3v) is 8.76. The number of amides is 1. The fourth-order valence-electron chi connectivity index (χ4n) is 4.89. The first-order valence-electron chi connectivity index (χ1n) is 12.4.